The van der Waals surface area contributed by atoms with E-state index in [9.17, 15) is 10.2 Å². The van der Waals surface area contributed by atoms with Gasteiger partial charge in [-0.25, -0.2) is 0 Å². The minimum absolute atomic E-state index is 0.00431. The number of benzene rings is 3. The van der Waals surface area contributed by atoms with E-state index < -0.39 is 0 Å². The molecule has 0 aliphatic heterocycles. The van der Waals surface area contributed by atoms with Crippen molar-refractivity contribution in [1.29, 1.82) is 0 Å². The van der Waals surface area contributed by atoms with Crippen LogP contribution >= 0.6 is 0 Å². The minimum Gasteiger partial charge on any atom is -0.508 e. The van der Waals surface area contributed by atoms with Gasteiger partial charge in [0.1, 0.15) is 11.5 Å². The van der Waals surface area contributed by atoms with Crippen molar-refractivity contribution in [3.63, 3.8) is 0 Å². The summed E-state index contributed by atoms with van der Waals surface area (Å²) in [7, 11) is 0. The van der Waals surface area contributed by atoms with E-state index >= 15 is 0 Å². The van der Waals surface area contributed by atoms with Gasteiger partial charge in [0, 0.05) is 17.8 Å². The van der Waals surface area contributed by atoms with Crippen molar-refractivity contribution in [2.45, 2.75) is 0 Å². The third-order valence-electron chi connectivity index (χ3n) is 3.34. The molecule has 0 unspecified atom stereocenters. The number of phenols is 2. The molecule has 3 heteroatoms. The maximum Gasteiger partial charge on any atom is 0.128 e. The summed E-state index contributed by atoms with van der Waals surface area (Å²) in [6.45, 7) is 0. The molecule has 0 aliphatic rings. The first-order valence-electron chi connectivity index (χ1n) is 6.94. The Morgan fingerprint density at radius 1 is 0.727 bits per heavy atom. The number of phenolic OH excluding ortho intramolecular Hbond substituents is 2. The predicted molar refractivity (Wildman–Crippen MR) is 88.9 cm³/mol. The molecule has 3 rings (SSSR count). The second-order valence-electron chi connectivity index (χ2n) is 4.91. The maximum atomic E-state index is 9.71. The molecule has 108 valence electrons. The molecule has 0 bridgehead atoms. The largest absolute Gasteiger partial charge is 0.508 e. The molecule has 0 heterocycles. The summed E-state index contributed by atoms with van der Waals surface area (Å²) in [6, 6.07) is 22.4. The predicted octanol–water partition coefficient (Wildman–Crippen LogP) is 4.52. The fourth-order valence-corrected chi connectivity index (χ4v) is 2.16. The molecule has 0 spiro atoms. The number of hydrogen-bond donors (Lipinski definition) is 2. The lowest BCUT2D eigenvalue weighted by Crippen LogP contribution is -1.82. The van der Waals surface area contributed by atoms with Crippen molar-refractivity contribution in [3.05, 3.63) is 78.4 Å². The van der Waals surface area contributed by atoms with Crippen LogP contribution < -0.4 is 0 Å². The third-order valence-corrected chi connectivity index (χ3v) is 3.34. The molecule has 0 aromatic heterocycles. The molecule has 3 aromatic carbocycles. The Balaban J connectivity index is 1.80. The molecule has 3 aromatic rings. The summed E-state index contributed by atoms with van der Waals surface area (Å²) in [5.74, 6) is 0.0338. The second-order valence-corrected chi connectivity index (χ2v) is 4.91. The van der Waals surface area contributed by atoms with E-state index in [4.69, 9.17) is 0 Å². The third kappa shape index (κ3) is 3.15. The average Bonchev–Trinajstić information content (AvgIpc) is 2.55. The van der Waals surface area contributed by atoms with Gasteiger partial charge in [0.05, 0.1) is 5.69 Å². The van der Waals surface area contributed by atoms with Gasteiger partial charge in [-0.15, -0.1) is 0 Å². The lowest BCUT2D eigenvalue weighted by molar-refractivity contribution is 0.450. The monoisotopic (exact) mass is 289 g/mol. The van der Waals surface area contributed by atoms with Crippen LogP contribution in [0.2, 0.25) is 0 Å². The molecular formula is C19H15NO2. The lowest BCUT2D eigenvalue weighted by Gasteiger charge is -2.02. The van der Waals surface area contributed by atoms with E-state index in [0.29, 0.717) is 5.56 Å². The van der Waals surface area contributed by atoms with E-state index in [0.717, 1.165) is 16.8 Å². The van der Waals surface area contributed by atoms with Crippen LogP contribution in [0.1, 0.15) is 5.56 Å². The normalized spacial score (nSPS) is 10.9. The Morgan fingerprint density at radius 2 is 1.41 bits per heavy atom. The van der Waals surface area contributed by atoms with Crippen molar-refractivity contribution < 1.29 is 10.2 Å². The zero-order valence-electron chi connectivity index (χ0n) is 11.8. The molecular weight excluding hydrogens is 274 g/mol. The van der Waals surface area contributed by atoms with E-state index in [1.54, 1.807) is 12.3 Å². The van der Waals surface area contributed by atoms with Crippen LogP contribution in [-0.4, -0.2) is 16.4 Å². The first kappa shape index (κ1) is 13.9. The number of rotatable bonds is 3. The zero-order chi connectivity index (χ0) is 15.4. The SMILES string of the molecule is Oc1ccc(C=Nc2ccc(-c3ccccc3)cc2)c(O)c1. The van der Waals surface area contributed by atoms with Crippen LogP contribution in [0.3, 0.4) is 0 Å². The Morgan fingerprint density at radius 3 is 2.09 bits per heavy atom. The van der Waals surface area contributed by atoms with Crippen molar-refractivity contribution in [3.8, 4) is 22.6 Å². The molecule has 3 nitrogen and oxygen atoms in total. The second kappa shape index (κ2) is 6.14. The highest BCUT2D eigenvalue weighted by Gasteiger charge is 2.00. The summed E-state index contributed by atoms with van der Waals surface area (Å²) < 4.78 is 0. The Bertz CT molecular complexity index is 793. The van der Waals surface area contributed by atoms with Gasteiger partial charge in [-0.2, -0.15) is 0 Å². The number of aliphatic imine (C=N–C) groups is 1. The van der Waals surface area contributed by atoms with Gasteiger partial charge in [0.25, 0.3) is 0 Å². The number of nitrogens with zero attached hydrogens (tertiary/aromatic N) is 1. The van der Waals surface area contributed by atoms with Gasteiger partial charge < -0.3 is 10.2 Å². The molecule has 0 saturated heterocycles. The van der Waals surface area contributed by atoms with E-state index in [1.807, 2.05) is 42.5 Å². The van der Waals surface area contributed by atoms with Crippen molar-refractivity contribution in [2.24, 2.45) is 4.99 Å². The Kier molecular flexibility index (Phi) is 3.88. The first-order chi connectivity index (χ1) is 10.7. The van der Waals surface area contributed by atoms with Crippen molar-refractivity contribution >= 4 is 11.9 Å². The quantitative estimate of drug-likeness (QED) is 0.697. The standard InChI is InChI=1S/C19H15NO2/c21-18-11-8-16(19(22)12-18)13-20-17-9-6-15(7-10-17)14-4-2-1-3-5-14/h1-13,21-22H. The van der Waals surface area contributed by atoms with Gasteiger partial charge in [0.2, 0.25) is 0 Å². The molecule has 2 N–H and O–H groups in total. The van der Waals surface area contributed by atoms with E-state index in [1.165, 1.54) is 12.1 Å². The van der Waals surface area contributed by atoms with Crippen molar-refractivity contribution in [2.75, 3.05) is 0 Å². The first-order valence-corrected chi connectivity index (χ1v) is 6.94. The van der Waals surface area contributed by atoms with Crippen LogP contribution in [0.5, 0.6) is 11.5 Å². The minimum atomic E-state index is 0.00431. The molecule has 0 amide bonds. The summed E-state index contributed by atoms with van der Waals surface area (Å²) in [5, 5.41) is 19.0. The highest BCUT2D eigenvalue weighted by Crippen LogP contribution is 2.24. The molecule has 22 heavy (non-hydrogen) atoms. The van der Waals surface area contributed by atoms with Crippen LogP contribution in [0.15, 0.2) is 77.8 Å². The fraction of sp³-hybridized carbons (Fsp3) is 0. The topological polar surface area (TPSA) is 52.8 Å². The summed E-state index contributed by atoms with van der Waals surface area (Å²) >= 11 is 0. The number of aromatic hydroxyl groups is 2. The van der Waals surface area contributed by atoms with Gasteiger partial charge in [-0.3, -0.25) is 4.99 Å². The summed E-state index contributed by atoms with van der Waals surface area (Å²) in [6.07, 6.45) is 1.58. The lowest BCUT2D eigenvalue weighted by atomic mass is 10.1. The van der Waals surface area contributed by atoms with Crippen molar-refractivity contribution in [1.82, 2.24) is 0 Å². The van der Waals surface area contributed by atoms with Gasteiger partial charge in [0.15, 0.2) is 0 Å². The van der Waals surface area contributed by atoms with Crippen LogP contribution in [-0.2, 0) is 0 Å². The van der Waals surface area contributed by atoms with Crippen LogP contribution in [0.4, 0.5) is 5.69 Å². The summed E-state index contributed by atoms with van der Waals surface area (Å²) in [4.78, 5) is 4.34. The van der Waals surface area contributed by atoms with Gasteiger partial charge in [-0.05, 0) is 35.4 Å². The highest BCUT2D eigenvalue weighted by atomic mass is 16.3. The number of hydrogen-bond acceptors (Lipinski definition) is 3. The molecule has 0 fully saturated rings. The van der Waals surface area contributed by atoms with Crippen LogP contribution in [0, 0.1) is 0 Å². The molecule has 0 radical (unpaired) electrons. The Labute approximate surface area is 128 Å². The smallest absolute Gasteiger partial charge is 0.128 e. The van der Waals surface area contributed by atoms with Crippen LogP contribution in [0.25, 0.3) is 11.1 Å². The molecule has 0 aliphatic carbocycles. The van der Waals surface area contributed by atoms with Gasteiger partial charge in [-0.1, -0.05) is 42.5 Å². The zero-order valence-corrected chi connectivity index (χ0v) is 11.8. The highest BCUT2D eigenvalue weighted by molar-refractivity contribution is 5.85. The van der Waals surface area contributed by atoms with E-state index in [2.05, 4.69) is 17.1 Å². The maximum absolute atomic E-state index is 9.71. The molecule has 0 saturated carbocycles. The summed E-state index contributed by atoms with van der Waals surface area (Å²) in [5.41, 5.74) is 3.65. The van der Waals surface area contributed by atoms with Gasteiger partial charge >= 0.3 is 0 Å². The molecule has 0 atom stereocenters. The average molecular weight is 289 g/mol. The Hall–Kier alpha value is -3.07. The fourth-order valence-electron chi connectivity index (χ4n) is 2.16. The van der Waals surface area contributed by atoms with E-state index in [-0.39, 0.29) is 11.5 Å².